The molecule has 0 fully saturated rings. The summed E-state index contributed by atoms with van der Waals surface area (Å²) in [4.78, 5) is 4.21. The fraction of sp³-hybridized carbons (Fsp3) is 0.308. The molecule has 1 aromatic heterocycles. The standard InChI is InChI=1S/C13H16N2OS2/c14-6-5-11-1-3-12(4-2-11)16-8-10-18-13-15-7-9-17-13/h1-4,7,9H,5-6,8,10,14H2. The molecule has 5 heteroatoms. The molecular formula is C13H16N2OS2. The Morgan fingerprint density at radius 3 is 2.78 bits per heavy atom. The molecule has 0 radical (unpaired) electrons. The van der Waals surface area contributed by atoms with E-state index in [0.717, 1.165) is 22.3 Å². The minimum Gasteiger partial charge on any atom is -0.493 e. The lowest BCUT2D eigenvalue weighted by Crippen LogP contribution is -2.03. The molecule has 0 spiro atoms. The predicted molar refractivity (Wildman–Crippen MR) is 77.5 cm³/mol. The molecule has 3 nitrogen and oxygen atoms in total. The summed E-state index contributed by atoms with van der Waals surface area (Å²) in [5.74, 6) is 1.83. The van der Waals surface area contributed by atoms with Crippen molar-refractivity contribution in [1.82, 2.24) is 4.98 Å². The number of hydrogen-bond acceptors (Lipinski definition) is 5. The molecule has 1 aromatic carbocycles. The van der Waals surface area contributed by atoms with Crippen molar-refractivity contribution < 1.29 is 4.74 Å². The number of thioether (sulfide) groups is 1. The number of benzene rings is 1. The second-order valence-corrected chi connectivity index (χ2v) is 5.91. The summed E-state index contributed by atoms with van der Waals surface area (Å²) in [6, 6.07) is 8.13. The van der Waals surface area contributed by atoms with Gasteiger partial charge in [-0.3, -0.25) is 0 Å². The molecule has 0 saturated carbocycles. The van der Waals surface area contributed by atoms with Gasteiger partial charge in [0.25, 0.3) is 0 Å². The number of ether oxygens (including phenoxy) is 1. The number of thiazole rings is 1. The molecule has 0 bridgehead atoms. The van der Waals surface area contributed by atoms with E-state index in [2.05, 4.69) is 17.1 Å². The average molecular weight is 280 g/mol. The molecule has 0 aliphatic heterocycles. The monoisotopic (exact) mass is 280 g/mol. The Hall–Kier alpha value is -1.04. The smallest absolute Gasteiger partial charge is 0.149 e. The Morgan fingerprint density at radius 2 is 2.11 bits per heavy atom. The Balaban J connectivity index is 1.69. The van der Waals surface area contributed by atoms with Gasteiger partial charge in [0.05, 0.1) is 6.61 Å². The Labute approximate surface area is 115 Å². The quantitative estimate of drug-likeness (QED) is 0.626. The highest BCUT2D eigenvalue weighted by atomic mass is 32.2. The zero-order valence-corrected chi connectivity index (χ0v) is 11.7. The highest BCUT2D eigenvalue weighted by molar-refractivity contribution is 8.01. The van der Waals surface area contributed by atoms with Crippen molar-refractivity contribution in [2.45, 2.75) is 10.8 Å². The van der Waals surface area contributed by atoms with Crippen LogP contribution in [-0.4, -0.2) is 23.9 Å². The van der Waals surface area contributed by atoms with Crippen LogP contribution in [0.3, 0.4) is 0 Å². The van der Waals surface area contributed by atoms with E-state index < -0.39 is 0 Å². The maximum Gasteiger partial charge on any atom is 0.149 e. The lowest BCUT2D eigenvalue weighted by atomic mass is 10.1. The molecule has 96 valence electrons. The van der Waals surface area contributed by atoms with Crippen molar-refractivity contribution >= 4 is 23.1 Å². The third kappa shape index (κ3) is 4.33. The average Bonchev–Trinajstić information content (AvgIpc) is 2.90. The van der Waals surface area contributed by atoms with E-state index in [4.69, 9.17) is 10.5 Å². The first-order valence-electron chi connectivity index (χ1n) is 5.82. The molecule has 2 aromatic rings. The summed E-state index contributed by atoms with van der Waals surface area (Å²) in [5.41, 5.74) is 6.76. The number of aromatic nitrogens is 1. The van der Waals surface area contributed by atoms with Crippen LogP contribution in [0.25, 0.3) is 0 Å². The van der Waals surface area contributed by atoms with Gasteiger partial charge in [0.2, 0.25) is 0 Å². The van der Waals surface area contributed by atoms with Gasteiger partial charge in [0.1, 0.15) is 10.1 Å². The second-order valence-electron chi connectivity index (χ2n) is 3.68. The van der Waals surface area contributed by atoms with Gasteiger partial charge in [-0.1, -0.05) is 23.9 Å². The summed E-state index contributed by atoms with van der Waals surface area (Å²) in [6.45, 7) is 1.38. The van der Waals surface area contributed by atoms with Crippen molar-refractivity contribution in [1.29, 1.82) is 0 Å². The highest BCUT2D eigenvalue weighted by Crippen LogP contribution is 2.20. The Bertz CT molecular complexity index is 443. The summed E-state index contributed by atoms with van der Waals surface area (Å²) in [5, 5.41) is 1.99. The first-order chi connectivity index (χ1) is 8.88. The third-order valence-corrected chi connectivity index (χ3v) is 4.27. The molecule has 1 heterocycles. The van der Waals surface area contributed by atoms with E-state index in [1.807, 2.05) is 23.7 Å². The maximum absolute atomic E-state index is 5.66. The number of nitrogens with two attached hydrogens (primary N) is 1. The summed E-state index contributed by atoms with van der Waals surface area (Å²) >= 11 is 3.38. The minimum atomic E-state index is 0.685. The summed E-state index contributed by atoms with van der Waals surface area (Å²) in [7, 11) is 0. The fourth-order valence-corrected chi connectivity index (χ4v) is 3.01. The van der Waals surface area contributed by atoms with Crippen LogP contribution >= 0.6 is 23.1 Å². The molecule has 2 N–H and O–H groups in total. The first-order valence-corrected chi connectivity index (χ1v) is 7.69. The van der Waals surface area contributed by atoms with E-state index in [1.54, 1.807) is 23.1 Å². The molecule has 2 rings (SSSR count). The predicted octanol–water partition coefficient (Wildman–Crippen LogP) is 2.82. The molecular weight excluding hydrogens is 264 g/mol. The van der Waals surface area contributed by atoms with Gasteiger partial charge in [-0.05, 0) is 30.7 Å². The third-order valence-electron chi connectivity index (χ3n) is 2.34. The topological polar surface area (TPSA) is 48.1 Å². The van der Waals surface area contributed by atoms with Gasteiger partial charge in [-0.25, -0.2) is 4.98 Å². The van der Waals surface area contributed by atoms with Crippen LogP contribution in [0.5, 0.6) is 5.75 Å². The van der Waals surface area contributed by atoms with Crippen LogP contribution in [0.15, 0.2) is 40.2 Å². The van der Waals surface area contributed by atoms with E-state index in [-0.39, 0.29) is 0 Å². The van der Waals surface area contributed by atoms with Crippen molar-refractivity contribution in [2.75, 3.05) is 18.9 Å². The molecule has 0 aliphatic rings. The SMILES string of the molecule is NCCc1ccc(OCCSc2nccs2)cc1. The maximum atomic E-state index is 5.66. The summed E-state index contributed by atoms with van der Waals surface area (Å²) < 4.78 is 6.76. The lowest BCUT2D eigenvalue weighted by molar-refractivity contribution is 0.344. The molecule has 0 unspecified atom stereocenters. The summed E-state index contributed by atoms with van der Waals surface area (Å²) in [6.07, 6.45) is 2.74. The molecule has 0 amide bonds. The Morgan fingerprint density at radius 1 is 1.28 bits per heavy atom. The van der Waals surface area contributed by atoms with Gasteiger partial charge in [0, 0.05) is 17.3 Å². The molecule has 18 heavy (non-hydrogen) atoms. The second kappa shape index (κ2) is 7.41. The van der Waals surface area contributed by atoms with E-state index in [1.165, 1.54) is 5.56 Å². The van der Waals surface area contributed by atoms with Crippen LogP contribution < -0.4 is 10.5 Å². The minimum absolute atomic E-state index is 0.685. The van der Waals surface area contributed by atoms with E-state index >= 15 is 0 Å². The normalized spacial score (nSPS) is 10.5. The largest absolute Gasteiger partial charge is 0.493 e. The van der Waals surface area contributed by atoms with Gasteiger partial charge < -0.3 is 10.5 Å². The van der Waals surface area contributed by atoms with E-state index in [0.29, 0.717) is 13.2 Å². The highest BCUT2D eigenvalue weighted by Gasteiger charge is 1.98. The van der Waals surface area contributed by atoms with Gasteiger partial charge in [-0.15, -0.1) is 11.3 Å². The van der Waals surface area contributed by atoms with Crippen molar-refractivity contribution in [2.24, 2.45) is 5.73 Å². The van der Waals surface area contributed by atoms with Gasteiger partial charge in [-0.2, -0.15) is 0 Å². The van der Waals surface area contributed by atoms with Crippen LogP contribution in [0, 0.1) is 0 Å². The zero-order chi connectivity index (χ0) is 12.6. The Kier molecular flexibility index (Phi) is 5.51. The molecule has 0 atom stereocenters. The van der Waals surface area contributed by atoms with Gasteiger partial charge in [0.15, 0.2) is 0 Å². The van der Waals surface area contributed by atoms with Crippen LogP contribution in [0.4, 0.5) is 0 Å². The number of hydrogen-bond donors (Lipinski definition) is 1. The van der Waals surface area contributed by atoms with Crippen molar-refractivity contribution in [3.05, 3.63) is 41.4 Å². The molecule has 0 saturated heterocycles. The number of nitrogens with zero attached hydrogens (tertiary/aromatic N) is 1. The molecule has 0 aliphatic carbocycles. The van der Waals surface area contributed by atoms with Crippen LogP contribution in [-0.2, 0) is 6.42 Å². The van der Waals surface area contributed by atoms with Gasteiger partial charge >= 0.3 is 0 Å². The van der Waals surface area contributed by atoms with Crippen molar-refractivity contribution in [3.8, 4) is 5.75 Å². The zero-order valence-electron chi connectivity index (χ0n) is 10.0. The van der Waals surface area contributed by atoms with Crippen LogP contribution in [0.2, 0.25) is 0 Å². The first kappa shape index (κ1) is 13.4. The van der Waals surface area contributed by atoms with Crippen molar-refractivity contribution in [3.63, 3.8) is 0 Å². The number of rotatable bonds is 7. The fourth-order valence-electron chi connectivity index (χ4n) is 1.49. The van der Waals surface area contributed by atoms with Crippen LogP contribution in [0.1, 0.15) is 5.56 Å². The lowest BCUT2D eigenvalue weighted by Gasteiger charge is -2.06. The van der Waals surface area contributed by atoms with E-state index in [9.17, 15) is 0 Å².